The van der Waals surface area contributed by atoms with Crippen molar-refractivity contribution in [3.05, 3.63) is 24.2 Å². The molecule has 7 nitrogen and oxygen atoms in total. The summed E-state index contributed by atoms with van der Waals surface area (Å²) in [6.07, 6.45) is 4.41. The normalized spacial score (nSPS) is 21.9. The lowest BCUT2D eigenvalue weighted by atomic mass is 10.2. The van der Waals surface area contributed by atoms with Gasteiger partial charge >= 0.3 is 0 Å². The van der Waals surface area contributed by atoms with Gasteiger partial charge in [0.1, 0.15) is 0 Å². The first-order valence-corrected chi connectivity index (χ1v) is 9.07. The van der Waals surface area contributed by atoms with Gasteiger partial charge < -0.3 is 9.32 Å². The highest BCUT2D eigenvalue weighted by Gasteiger charge is 2.34. The van der Waals surface area contributed by atoms with Gasteiger partial charge in [-0.3, -0.25) is 4.79 Å². The van der Waals surface area contributed by atoms with Crippen molar-refractivity contribution in [2.45, 2.75) is 19.3 Å². The van der Waals surface area contributed by atoms with Crippen molar-refractivity contribution in [1.82, 2.24) is 13.5 Å². The Morgan fingerprint density at radius 2 is 1.59 bits per heavy atom. The van der Waals surface area contributed by atoms with Crippen molar-refractivity contribution < 1.29 is 17.6 Å². The van der Waals surface area contributed by atoms with Gasteiger partial charge in [-0.1, -0.05) is 6.42 Å². The molecule has 0 N–H and O–H groups in total. The van der Waals surface area contributed by atoms with Gasteiger partial charge in [-0.15, -0.1) is 0 Å². The third kappa shape index (κ3) is 3.04. The Morgan fingerprint density at radius 3 is 2.18 bits per heavy atom. The molecular weight excluding hydrogens is 306 g/mol. The Labute approximate surface area is 130 Å². The van der Waals surface area contributed by atoms with Crippen molar-refractivity contribution >= 4 is 16.1 Å². The van der Waals surface area contributed by atoms with Crippen molar-refractivity contribution in [3.63, 3.8) is 0 Å². The molecule has 0 aromatic carbocycles. The van der Waals surface area contributed by atoms with Crippen molar-refractivity contribution in [1.29, 1.82) is 0 Å². The quantitative estimate of drug-likeness (QED) is 0.822. The zero-order valence-corrected chi connectivity index (χ0v) is 13.3. The van der Waals surface area contributed by atoms with Crippen molar-refractivity contribution in [3.8, 4) is 0 Å². The number of carbonyl (C=O) groups excluding carboxylic acids is 1. The minimum Gasteiger partial charge on any atom is -0.459 e. The molecule has 0 radical (unpaired) electrons. The van der Waals surface area contributed by atoms with Crippen LogP contribution in [-0.4, -0.2) is 67.1 Å². The summed E-state index contributed by atoms with van der Waals surface area (Å²) in [7, 11) is -3.38. The molecule has 8 heteroatoms. The number of piperidine rings is 1. The van der Waals surface area contributed by atoms with Crippen LogP contribution in [0, 0.1) is 0 Å². The maximum atomic E-state index is 12.6. The van der Waals surface area contributed by atoms with E-state index in [1.165, 1.54) is 10.6 Å². The van der Waals surface area contributed by atoms with Crippen LogP contribution in [0.15, 0.2) is 22.8 Å². The van der Waals surface area contributed by atoms with Crippen LogP contribution in [0.2, 0.25) is 0 Å². The fourth-order valence-electron chi connectivity index (χ4n) is 2.94. The zero-order valence-electron chi connectivity index (χ0n) is 12.5. The largest absolute Gasteiger partial charge is 0.459 e. The highest BCUT2D eigenvalue weighted by molar-refractivity contribution is 7.86. The summed E-state index contributed by atoms with van der Waals surface area (Å²) >= 11 is 0. The Balaban J connectivity index is 1.60. The number of hydrogen-bond acceptors (Lipinski definition) is 4. The van der Waals surface area contributed by atoms with Crippen molar-refractivity contribution in [2.24, 2.45) is 0 Å². The molecule has 2 fully saturated rings. The van der Waals surface area contributed by atoms with Gasteiger partial charge in [0.25, 0.3) is 16.1 Å². The van der Waals surface area contributed by atoms with Gasteiger partial charge in [-0.25, -0.2) is 0 Å². The van der Waals surface area contributed by atoms with Gasteiger partial charge in [0.2, 0.25) is 0 Å². The Hall–Kier alpha value is -1.38. The number of piperazine rings is 1. The first-order chi connectivity index (χ1) is 10.6. The standard InChI is InChI=1S/C14H21N3O4S/c18-14(13-5-4-12-21-13)15-8-10-17(11-9-15)22(19,20)16-6-2-1-3-7-16/h4-5,12H,1-3,6-11H2. The fraction of sp³-hybridized carbons (Fsp3) is 0.643. The molecule has 1 aromatic rings. The van der Waals surface area contributed by atoms with Gasteiger partial charge in [-0.2, -0.15) is 17.0 Å². The van der Waals surface area contributed by atoms with Crippen LogP contribution in [-0.2, 0) is 10.2 Å². The van der Waals surface area contributed by atoms with E-state index in [0.717, 1.165) is 19.3 Å². The van der Waals surface area contributed by atoms with Crippen LogP contribution in [0.1, 0.15) is 29.8 Å². The second-order valence-electron chi connectivity index (χ2n) is 5.64. The van der Waals surface area contributed by atoms with Crippen LogP contribution in [0.25, 0.3) is 0 Å². The lowest BCUT2D eigenvalue weighted by Gasteiger charge is -2.37. The lowest BCUT2D eigenvalue weighted by molar-refractivity contribution is 0.0661. The van der Waals surface area contributed by atoms with Crippen LogP contribution in [0.4, 0.5) is 0 Å². The number of amides is 1. The predicted octanol–water partition coefficient (Wildman–Crippen LogP) is 0.768. The second-order valence-corrected chi connectivity index (χ2v) is 7.56. The first kappa shape index (κ1) is 15.5. The molecule has 0 bridgehead atoms. The minimum atomic E-state index is -3.38. The maximum Gasteiger partial charge on any atom is 0.289 e. The average Bonchev–Trinajstić information content (AvgIpc) is 3.09. The lowest BCUT2D eigenvalue weighted by Crippen LogP contribution is -2.54. The Morgan fingerprint density at radius 1 is 0.955 bits per heavy atom. The summed E-state index contributed by atoms with van der Waals surface area (Å²) in [5.74, 6) is 0.118. The molecule has 0 spiro atoms. The van der Waals surface area contributed by atoms with E-state index in [4.69, 9.17) is 4.42 Å². The first-order valence-electron chi connectivity index (χ1n) is 7.67. The van der Waals surface area contributed by atoms with Crippen LogP contribution in [0.5, 0.6) is 0 Å². The molecule has 2 aliphatic heterocycles. The highest BCUT2D eigenvalue weighted by atomic mass is 32.2. The molecule has 3 rings (SSSR count). The molecule has 22 heavy (non-hydrogen) atoms. The molecule has 0 saturated carbocycles. The zero-order chi connectivity index (χ0) is 15.6. The summed E-state index contributed by atoms with van der Waals surface area (Å²) in [6.45, 7) is 2.68. The highest BCUT2D eigenvalue weighted by Crippen LogP contribution is 2.18. The van der Waals surface area contributed by atoms with E-state index in [1.807, 2.05) is 0 Å². The van der Waals surface area contributed by atoms with Crippen molar-refractivity contribution in [2.75, 3.05) is 39.3 Å². The summed E-state index contributed by atoms with van der Waals surface area (Å²) in [5, 5.41) is 0. The molecule has 1 amide bonds. The van der Waals surface area contributed by atoms with E-state index in [0.29, 0.717) is 45.0 Å². The van der Waals surface area contributed by atoms with E-state index < -0.39 is 10.2 Å². The number of carbonyl (C=O) groups is 1. The number of nitrogens with zero attached hydrogens (tertiary/aromatic N) is 3. The molecule has 2 aliphatic rings. The third-order valence-electron chi connectivity index (χ3n) is 4.23. The van der Waals surface area contributed by atoms with Gasteiger partial charge in [0.15, 0.2) is 5.76 Å². The molecule has 122 valence electrons. The molecule has 2 saturated heterocycles. The Bertz CT molecular complexity index is 600. The van der Waals surface area contributed by atoms with Crippen LogP contribution < -0.4 is 0 Å². The SMILES string of the molecule is O=C(c1ccco1)N1CCN(S(=O)(=O)N2CCCCC2)CC1. The van der Waals surface area contributed by atoms with E-state index >= 15 is 0 Å². The third-order valence-corrected chi connectivity index (χ3v) is 6.26. The number of furan rings is 1. The fourth-order valence-corrected chi connectivity index (χ4v) is 4.61. The monoisotopic (exact) mass is 327 g/mol. The summed E-state index contributed by atoms with van der Waals surface area (Å²) in [4.78, 5) is 13.8. The molecule has 1 aromatic heterocycles. The topological polar surface area (TPSA) is 74.1 Å². The maximum absolute atomic E-state index is 12.6. The summed E-state index contributed by atoms with van der Waals surface area (Å²) < 4.78 is 33.3. The van der Waals surface area contributed by atoms with Gasteiger partial charge in [-0.05, 0) is 25.0 Å². The molecule has 0 aliphatic carbocycles. The summed E-state index contributed by atoms with van der Waals surface area (Å²) in [6, 6.07) is 3.30. The smallest absolute Gasteiger partial charge is 0.289 e. The van der Waals surface area contributed by atoms with E-state index in [-0.39, 0.29) is 5.91 Å². The van der Waals surface area contributed by atoms with Crippen LogP contribution in [0.3, 0.4) is 0 Å². The van der Waals surface area contributed by atoms with E-state index in [9.17, 15) is 13.2 Å². The Kier molecular flexibility index (Phi) is 4.51. The second kappa shape index (κ2) is 6.39. The number of rotatable bonds is 3. The predicted molar refractivity (Wildman–Crippen MR) is 80.5 cm³/mol. The minimum absolute atomic E-state index is 0.181. The molecule has 3 heterocycles. The number of hydrogen-bond donors (Lipinski definition) is 0. The van der Waals surface area contributed by atoms with Gasteiger partial charge in [0.05, 0.1) is 6.26 Å². The van der Waals surface area contributed by atoms with E-state index in [1.54, 1.807) is 21.3 Å². The average molecular weight is 327 g/mol. The molecular formula is C14H21N3O4S. The van der Waals surface area contributed by atoms with Gasteiger partial charge in [0, 0.05) is 39.3 Å². The molecule has 0 atom stereocenters. The summed E-state index contributed by atoms with van der Waals surface area (Å²) in [5.41, 5.74) is 0. The molecule has 0 unspecified atom stereocenters. The van der Waals surface area contributed by atoms with E-state index in [2.05, 4.69) is 0 Å². The van der Waals surface area contributed by atoms with Crippen LogP contribution >= 0.6 is 0 Å².